The first-order valence-electron chi connectivity index (χ1n) is 9.02. The van der Waals surface area contributed by atoms with Gasteiger partial charge in [0.15, 0.2) is 0 Å². The van der Waals surface area contributed by atoms with Gasteiger partial charge in [-0.2, -0.15) is 0 Å². The molecule has 0 unspecified atom stereocenters. The van der Waals surface area contributed by atoms with E-state index in [0.717, 1.165) is 46.7 Å². The number of hydrogen-bond donors (Lipinski definition) is 0. The standard InChI is InChI=1S/C22H25NO4/c1-5-27-22-17(16-9-6-7-12-19(16)23-22)10-8-11-18-20(25-3)13-15(24-2)14-21(18)26-4/h6-7,9-10,12-14H,5,8,11H2,1-4H3/b17-10+. The number of rotatable bonds is 7. The van der Waals surface area contributed by atoms with Crippen molar-refractivity contribution < 1.29 is 18.9 Å². The monoisotopic (exact) mass is 367 g/mol. The summed E-state index contributed by atoms with van der Waals surface area (Å²) >= 11 is 0. The molecule has 5 heteroatoms. The Morgan fingerprint density at radius 3 is 2.30 bits per heavy atom. The van der Waals surface area contributed by atoms with Gasteiger partial charge in [0, 0.05) is 28.8 Å². The van der Waals surface area contributed by atoms with Crippen LogP contribution in [-0.4, -0.2) is 33.8 Å². The Bertz CT molecular complexity index is 845. The highest BCUT2D eigenvalue weighted by molar-refractivity contribution is 6.25. The summed E-state index contributed by atoms with van der Waals surface area (Å²) in [4.78, 5) is 4.60. The average Bonchev–Trinajstić information content (AvgIpc) is 3.05. The lowest BCUT2D eigenvalue weighted by molar-refractivity contribution is 0.333. The van der Waals surface area contributed by atoms with Gasteiger partial charge in [-0.3, -0.25) is 0 Å². The van der Waals surface area contributed by atoms with Crippen molar-refractivity contribution >= 4 is 17.2 Å². The van der Waals surface area contributed by atoms with Crippen LogP contribution in [0.5, 0.6) is 17.2 Å². The maximum Gasteiger partial charge on any atom is 0.221 e. The molecule has 0 aliphatic carbocycles. The Morgan fingerprint density at radius 1 is 0.963 bits per heavy atom. The second-order valence-corrected chi connectivity index (χ2v) is 6.03. The van der Waals surface area contributed by atoms with Crippen LogP contribution in [0.25, 0.3) is 5.57 Å². The third kappa shape index (κ3) is 3.92. The summed E-state index contributed by atoms with van der Waals surface area (Å²) in [5.41, 5.74) is 4.11. The Kier molecular flexibility index (Phi) is 6.01. The third-order valence-corrected chi connectivity index (χ3v) is 4.49. The molecule has 0 N–H and O–H groups in total. The predicted octanol–water partition coefficient (Wildman–Crippen LogP) is 4.81. The van der Waals surface area contributed by atoms with Gasteiger partial charge in [0.25, 0.3) is 0 Å². The van der Waals surface area contributed by atoms with Crippen molar-refractivity contribution in [3.63, 3.8) is 0 Å². The van der Waals surface area contributed by atoms with Crippen LogP contribution in [0.3, 0.4) is 0 Å². The fourth-order valence-corrected chi connectivity index (χ4v) is 3.21. The van der Waals surface area contributed by atoms with E-state index in [1.807, 2.05) is 37.3 Å². The molecule has 2 aromatic rings. The Morgan fingerprint density at radius 2 is 1.67 bits per heavy atom. The zero-order valence-electron chi connectivity index (χ0n) is 16.2. The molecule has 0 saturated carbocycles. The van der Waals surface area contributed by atoms with Crippen LogP contribution in [-0.2, 0) is 11.2 Å². The lowest BCUT2D eigenvalue weighted by atomic mass is 10.0. The molecule has 0 amide bonds. The Balaban J connectivity index is 1.86. The molecule has 5 nitrogen and oxygen atoms in total. The van der Waals surface area contributed by atoms with Crippen LogP contribution >= 0.6 is 0 Å². The summed E-state index contributed by atoms with van der Waals surface area (Å²) in [5.74, 6) is 2.92. The van der Waals surface area contributed by atoms with E-state index in [4.69, 9.17) is 18.9 Å². The number of fused-ring (bicyclic) bond motifs is 1. The van der Waals surface area contributed by atoms with Gasteiger partial charge in [0.2, 0.25) is 5.90 Å². The van der Waals surface area contributed by atoms with E-state index in [2.05, 4.69) is 17.1 Å². The summed E-state index contributed by atoms with van der Waals surface area (Å²) < 4.78 is 22.1. The summed E-state index contributed by atoms with van der Waals surface area (Å²) in [6.07, 6.45) is 3.74. The van der Waals surface area contributed by atoms with Gasteiger partial charge < -0.3 is 18.9 Å². The van der Waals surface area contributed by atoms with Crippen molar-refractivity contribution in [1.82, 2.24) is 0 Å². The van der Waals surface area contributed by atoms with E-state index in [9.17, 15) is 0 Å². The van der Waals surface area contributed by atoms with E-state index in [1.165, 1.54) is 0 Å². The lowest BCUT2D eigenvalue weighted by Gasteiger charge is -2.14. The van der Waals surface area contributed by atoms with Gasteiger partial charge in [-0.15, -0.1) is 0 Å². The summed E-state index contributed by atoms with van der Waals surface area (Å²) in [7, 11) is 4.94. The number of aliphatic imine (C=N–C) groups is 1. The Labute approximate surface area is 160 Å². The van der Waals surface area contributed by atoms with Crippen molar-refractivity contribution in [3.05, 3.63) is 53.6 Å². The van der Waals surface area contributed by atoms with Crippen molar-refractivity contribution in [1.29, 1.82) is 0 Å². The van der Waals surface area contributed by atoms with Gasteiger partial charge >= 0.3 is 0 Å². The predicted molar refractivity (Wildman–Crippen MR) is 108 cm³/mol. The molecule has 27 heavy (non-hydrogen) atoms. The van der Waals surface area contributed by atoms with E-state index < -0.39 is 0 Å². The normalized spacial score (nSPS) is 13.9. The number of methoxy groups -OCH3 is 3. The molecule has 142 valence electrons. The molecule has 0 atom stereocenters. The maximum atomic E-state index is 5.74. The van der Waals surface area contributed by atoms with Crippen LogP contribution in [0.4, 0.5) is 5.69 Å². The maximum absolute atomic E-state index is 5.74. The van der Waals surface area contributed by atoms with Gasteiger partial charge in [-0.25, -0.2) is 4.99 Å². The van der Waals surface area contributed by atoms with Gasteiger partial charge in [0.1, 0.15) is 17.2 Å². The van der Waals surface area contributed by atoms with Crippen LogP contribution in [0.15, 0.2) is 47.5 Å². The topological polar surface area (TPSA) is 49.3 Å². The highest BCUT2D eigenvalue weighted by Gasteiger charge is 2.21. The molecule has 0 saturated heterocycles. The molecule has 0 aromatic heterocycles. The first kappa shape index (κ1) is 18.8. The summed E-state index contributed by atoms with van der Waals surface area (Å²) in [6.45, 7) is 2.56. The molecular formula is C22H25NO4. The van der Waals surface area contributed by atoms with Crippen molar-refractivity contribution in [3.8, 4) is 17.2 Å². The third-order valence-electron chi connectivity index (χ3n) is 4.49. The highest BCUT2D eigenvalue weighted by atomic mass is 16.5. The molecule has 1 heterocycles. The number of allylic oxidation sites excluding steroid dienone is 1. The number of para-hydroxylation sites is 1. The zero-order chi connectivity index (χ0) is 19.2. The van der Waals surface area contributed by atoms with Gasteiger partial charge in [0.05, 0.1) is 33.6 Å². The van der Waals surface area contributed by atoms with Gasteiger partial charge in [-0.05, 0) is 25.8 Å². The van der Waals surface area contributed by atoms with E-state index in [-0.39, 0.29) is 0 Å². The van der Waals surface area contributed by atoms with E-state index >= 15 is 0 Å². The van der Waals surface area contributed by atoms with Crippen LogP contribution < -0.4 is 14.2 Å². The Hall–Kier alpha value is -2.95. The van der Waals surface area contributed by atoms with Gasteiger partial charge in [-0.1, -0.05) is 24.3 Å². The number of nitrogens with zero attached hydrogens (tertiary/aromatic N) is 1. The quantitative estimate of drug-likeness (QED) is 0.705. The number of ether oxygens (including phenoxy) is 4. The number of hydrogen-bond acceptors (Lipinski definition) is 5. The molecule has 0 fully saturated rings. The lowest BCUT2D eigenvalue weighted by Crippen LogP contribution is -2.04. The van der Waals surface area contributed by atoms with Crippen molar-refractivity contribution in [2.45, 2.75) is 19.8 Å². The van der Waals surface area contributed by atoms with Crippen LogP contribution in [0.2, 0.25) is 0 Å². The van der Waals surface area contributed by atoms with Crippen LogP contribution in [0, 0.1) is 0 Å². The fraction of sp³-hybridized carbons (Fsp3) is 0.318. The largest absolute Gasteiger partial charge is 0.496 e. The molecule has 1 aliphatic heterocycles. The SMILES string of the molecule is CCOC1=Nc2ccccc2/C1=C\CCc1c(OC)cc(OC)cc1OC. The molecule has 2 aromatic carbocycles. The van der Waals surface area contributed by atoms with Crippen LogP contribution in [0.1, 0.15) is 24.5 Å². The smallest absolute Gasteiger partial charge is 0.221 e. The molecule has 0 radical (unpaired) electrons. The fourth-order valence-electron chi connectivity index (χ4n) is 3.21. The average molecular weight is 367 g/mol. The molecular weight excluding hydrogens is 342 g/mol. The summed E-state index contributed by atoms with van der Waals surface area (Å²) in [5, 5.41) is 0. The minimum absolute atomic E-state index is 0.588. The zero-order valence-corrected chi connectivity index (χ0v) is 16.2. The minimum atomic E-state index is 0.588. The highest BCUT2D eigenvalue weighted by Crippen LogP contribution is 2.37. The number of benzene rings is 2. The first-order chi connectivity index (χ1) is 13.2. The van der Waals surface area contributed by atoms with Crippen molar-refractivity contribution in [2.75, 3.05) is 27.9 Å². The molecule has 1 aliphatic rings. The molecule has 3 rings (SSSR count). The first-order valence-corrected chi connectivity index (χ1v) is 9.02. The van der Waals surface area contributed by atoms with E-state index in [0.29, 0.717) is 18.3 Å². The molecule has 0 spiro atoms. The van der Waals surface area contributed by atoms with Crippen molar-refractivity contribution in [2.24, 2.45) is 4.99 Å². The second kappa shape index (κ2) is 8.62. The summed E-state index contributed by atoms with van der Waals surface area (Å²) in [6, 6.07) is 11.8. The minimum Gasteiger partial charge on any atom is -0.496 e. The molecule has 0 bridgehead atoms. The van der Waals surface area contributed by atoms with E-state index in [1.54, 1.807) is 21.3 Å². The second-order valence-electron chi connectivity index (χ2n) is 6.03.